The van der Waals surface area contributed by atoms with Gasteiger partial charge in [0.05, 0.1) is 0 Å². The Kier molecular flexibility index (Phi) is 7.86. The molecule has 19 heavy (non-hydrogen) atoms. The van der Waals surface area contributed by atoms with E-state index in [1.165, 1.54) is 5.56 Å². The largest absolute Gasteiger partial charge is 0.359 e. The fourth-order valence-electron chi connectivity index (χ4n) is 2.01. The third-order valence-electron chi connectivity index (χ3n) is 3.08. The first-order valence-electron chi connectivity index (χ1n) is 6.93. The van der Waals surface area contributed by atoms with Crippen LogP contribution in [-0.4, -0.2) is 37.5 Å². The summed E-state index contributed by atoms with van der Waals surface area (Å²) in [5, 5.41) is 2.65. The number of nitrogens with two attached hydrogens (primary N) is 1. The molecule has 0 atom stereocenters. The minimum atomic E-state index is 0.110. The fraction of sp³-hybridized carbons (Fsp3) is 0.533. The third-order valence-corrected chi connectivity index (χ3v) is 3.08. The van der Waals surface area contributed by atoms with E-state index in [1.807, 2.05) is 6.07 Å². The van der Waals surface area contributed by atoms with Gasteiger partial charge in [0.25, 0.3) is 0 Å². The van der Waals surface area contributed by atoms with Crippen molar-refractivity contribution in [2.24, 2.45) is 5.73 Å². The second-order valence-corrected chi connectivity index (χ2v) is 4.68. The molecule has 0 aliphatic carbocycles. The van der Waals surface area contributed by atoms with Crippen LogP contribution in [0.3, 0.4) is 0 Å². The zero-order valence-electron chi connectivity index (χ0n) is 11.8. The molecule has 1 rings (SSSR count). The van der Waals surface area contributed by atoms with E-state index >= 15 is 0 Å². The van der Waals surface area contributed by atoms with Crippen molar-refractivity contribution in [3.05, 3.63) is 35.9 Å². The van der Waals surface area contributed by atoms with Gasteiger partial charge in [0.2, 0.25) is 5.91 Å². The molecular weight excluding hydrogens is 238 g/mol. The first-order valence-corrected chi connectivity index (χ1v) is 6.93. The molecule has 1 aromatic rings. The lowest BCUT2D eigenvalue weighted by atomic mass is 10.2. The molecule has 3 N–H and O–H groups in total. The van der Waals surface area contributed by atoms with Gasteiger partial charge >= 0.3 is 0 Å². The Morgan fingerprint density at radius 3 is 2.53 bits per heavy atom. The highest BCUT2D eigenvalue weighted by Gasteiger charge is 2.06. The fourth-order valence-corrected chi connectivity index (χ4v) is 2.01. The number of carbonyl (C=O) groups is 1. The first-order chi connectivity index (χ1) is 9.26. The number of rotatable bonds is 9. The molecule has 0 aliphatic rings. The van der Waals surface area contributed by atoms with Crippen LogP contribution < -0.4 is 11.1 Å². The predicted octanol–water partition coefficient (Wildman–Crippen LogP) is 1.36. The first kappa shape index (κ1) is 15.7. The van der Waals surface area contributed by atoms with Gasteiger partial charge in [0.1, 0.15) is 0 Å². The van der Waals surface area contributed by atoms with Gasteiger partial charge < -0.3 is 11.1 Å². The highest BCUT2D eigenvalue weighted by molar-refractivity contribution is 5.75. The zero-order chi connectivity index (χ0) is 13.9. The van der Waals surface area contributed by atoms with E-state index in [0.29, 0.717) is 13.0 Å². The molecule has 0 saturated heterocycles. The highest BCUT2D eigenvalue weighted by atomic mass is 16.1. The van der Waals surface area contributed by atoms with Gasteiger partial charge in [-0.25, -0.2) is 0 Å². The molecule has 106 valence electrons. The van der Waals surface area contributed by atoms with Crippen molar-refractivity contribution in [3.63, 3.8) is 0 Å². The number of nitrogens with one attached hydrogen (secondary N) is 1. The van der Waals surface area contributed by atoms with Crippen molar-refractivity contribution < 1.29 is 4.79 Å². The summed E-state index contributed by atoms with van der Waals surface area (Å²) in [6, 6.07) is 10.4. The van der Waals surface area contributed by atoms with Crippen molar-refractivity contribution in [1.82, 2.24) is 10.2 Å². The van der Waals surface area contributed by atoms with Crippen LogP contribution in [0.4, 0.5) is 0 Å². The molecule has 0 fully saturated rings. The Balaban J connectivity index is 2.40. The molecule has 0 saturated carbocycles. The second-order valence-electron chi connectivity index (χ2n) is 4.68. The maximum atomic E-state index is 11.2. The Hall–Kier alpha value is -1.39. The van der Waals surface area contributed by atoms with Crippen molar-refractivity contribution in [2.75, 3.05) is 26.7 Å². The van der Waals surface area contributed by atoms with E-state index in [9.17, 15) is 4.79 Å². The minimum absolute atomic E-state index is 0.110. The molecule has 1 aromatic carbocycles. The van der Waals surface area contributed by atoms with E-state index in [0.717, 1.165) is 32.5 Å². The topological polar surface area (TPSA) is 58.4 Å². The lowest BCUT2D eigenvalue weighted by Gasteiger charge is -2.22. The standard InChI is InChI=1S/C15H25N3O/c1-17-15(19)9-5-11-18(12-6-10-16)13-14-7-3-2-4-8-14/h2-4,7-8H,5-6,9-13,16H2,1H3,(H,17,19). The number of hydrogen-bond donors (Lipinski definition) is 2. The van der Waals surface area contributed by atoms with E-state index in [2.05, 4.69) is 34.5 Å². The van der Waals surface area contributed by atoms with Crippen LogP contribution in [0.1, 0.15) is 24.8 Å². The molecule has 0 aromatic heterocycles. The number of amides is 1. The molecule has 0 unspecified atom stereocenters. The Morgan fingerprint density at radius 1 is 1.21 bits per heavy atom. The van der Waals surface area contributed by atoms with Crippen molar-refractivity contribution in [1.29, 1.82) is 0 Å². The maximum Gasteiger partial charge on any atom is 0.219 e. The number of benzene rings is 1. The summed E-state index contributed by atoms with van der Waals surface area (Å²) < 4.78 is 0. The van der Waals surface area contributed by atoms with E-state index in [-0.39, 0.29) is 5.91 Å². The van der Waals surface area contributed by atoms with E-state index in [1.54, 1.807) is 7.05 Å². The molecule has 0 bridgehead atoms. The quantitative estimate of drug-likeness (QED) is 0.707. The van der Waals surface area contributed by atoms with E-state index in [4.69, 9.17) is 5.73 Å². The lowest BCUT2D eigenvalue weighted by molar-refractivity contribution is -0.120. The van der Waals surface area contributed by atoms with Gasteiger partial charge in [-0.1, -0.05) is 30.3 Å². The van der Waals surface area contributed by atoms with Crippen LogP contribution in [0.15, 0.2) is 30.3 Å². The normalized spacial score (nSPS) is 10.7. The van der Waals surface area contributed by atoms with Crippen LogP contribution in [0.5, 0.6) is 0 Å². The maximum absolute atomic E-state index is 11.2. The van der Waals surface area contributed by atoms with Crippen LogP contribution in [-0.2, 0) is 11.3 Å². The predicted molar refractivity (Wildman–Crippen MR) is 78.7 cm³/mol. The van der Waals surface area contributed by atoms with Gasteiger partial charge in [0, 0.05) is 20.0 Å². The molecule has 4 nitrogen and oxygen atoms in total. The monoisotopic (exact) mass is 263 g/mol. The molecular formula is C15H25N3O. The average Bonchev–Trinajstić information content (AvgIpc) is 2.45. The van der Waals surface area contributed by atoms with Crippen LogP contribution in [0.25, 0.3) is 0 Å². The lowest BCUT2D eigenvalue weighted by Crippen LogP contribution is -2.28. The summed E-state index contributed by atoms with van der Waals surface area (Å²) in [6.07, 6.45) is 2.47. The molecule has 1 amide bonds. The van der Waals surface area contributed by atoms with Gasteiger partial charge in [0.15, 0.2) is 0 Å². The smallest absolute Gasteiger partial charge is 0.219 e. The Labute approximate surface area is 116 Å². The van der Waals surface area contributed by atoms with Gasteiger partial charge in [-0.2, -0.15) is 0 Å². The summed E-state index contributed by atoms with van der Waals surface area (Å²) in [5.41, 5.74) is 6.88. The Bertz CT molecular complexity index is 354. The highest BCUT2D eigenvalue weighted by Crippen LogP contribution is 2.06. The number of hydrogen-bond acceptors (Lipinski definition) is 3. The molecule has 4 heteroatoms. The zero-order valence-corrected chi connectivity index (χ0v) is 11.8. The van der Waals surface area contributed by atoms with Crippen molar-refractivity contribution >= 4 is 5.91 Å². The van der Waals surface area contributed by atoms with Crippen molar-refractivity contribution in [2.45, 2.75) is 25.8 Å². The average molecular weight is 263 g/mol. The molecule has 0 radical (unpaired) electrons. The van der Waals surface area contributed by atoms with Crippen LogP contribution >= 0.6 is 0 Å². The van der Waals surface area contributed by atoms with Gasteiger partial charge in [-0.3, -0.25) is 9.69 Å². The molecule has 0 heterocycles. The summed E-state index contributed by atoms with van der Waals surface area (Å²) in [7, 11) is 1.68. The summed E-state index contributed by atoms with van der Waals surface area (Å²) in [4.78, 5) is 13.6. The minimum Gasteiger partial charge on any atom is -0.359 e. The summed E-state index contributed by atoms with van der Waals surface area (Å²) in [6.45, 7) is 3.55. The summed E-state index contributed by atoms with van der Waals surface area (Å²) >= 11 is 0. The van der Waals surface area contributed by atoms with Crippen LogP contribution in [0, 0.1) is 0 Å². The number of nitrogens with zero attached hydrogens (tertiary/aromatic N) is 1. The van der Waals surface area contributed by atoms with E-state index < -0.39 is 0 Å². The van der Waals surface area contributed by atoms with Gasteiger partial charge in [-0.05, 0) is 38.0 Å². The van der Waals surface area contributed by atoms with Crippen molar-refractivity contribution in [3.8, 4) is 0 Å². The number of carbonyl (C=O) groups excluding carboxylic acids is 1. The van der Waals surface area contributed by atoms with Gasteiger partial charge in [-0.15, -0.1) is 0 Å². The third kappa shape index (κ3) is 6.94. The molecule has 0 spiro atoms. The Morgan fingerprint density at radius 2 is 1.89 bits per heavy atom. The second kappa shape index (κ2) is 9.53. The summed E-state index contributed by atoms with van der Waals surface area (Å²) in [5.74, 6) is 0.110. The van der Waals surface area contributed by atoms with Crippen LogP contribution in [0.2, 0.25) is 0 Å². The molecule has 0 aliphatic heterocycles. The SMILES string of the molecule is CNC(=O)CCCN(CCCN)Cc1ccccc1.